The van der Waals surface area contributed by atoms with Crippen molar-refractivity contribution in [2.24, 2.45) is 29.6 Å². The number of carbonyl (C=O) groups is 2. The molecule has 0 aliphatic heterocycles. The van der Waals surface area contributed by atoms with Crippen molar-refractivity contribution in [2.75, 3.05) is 0 Å². The van der Waals surface area contributed by atoms with Gasteiger partial charge in [-0.15, -0.1) is 0 Å². The van der Waals surface area contributed by atoms with Crippen LogP contribution in [0.3, 0.4) is 0 Å². The van der Waals surface area contributed by atoms with Crippen LogP contribution in [0.25, 0.3) is 0 Å². The van der Waals surface area contributed by atoms with Gasteiger partial charge in [0.05, 0.1) is 24.0 Å². The Morgan fingerprint density at radius 1 is 0.900 bits per heavy atom. The normalized spacial score (nSPS) is 35.6. The van der Waals surface area contributed by atoms with E-state index in [1.807, 2.05) is 27.7 Å². The third kappa shape index (κ3) is 2.84. The van der Waals surface area contributed by atoms with Gasteiger partial charge in [0.1, 0.15) is 0 Å². The van der Waals surface area contributed by atoms with Gasteiger partial charge in [0.25, 0.3) is 0 Å². The van der Waals surface area contributed by atoms with Crippen molar-refractivity contribution < 1.29 is 19.1 Å². The summed E-state index contributed by atoms with van der Waals surface area (Å²) in [6, 6.07) is 0. The van der Waals surface area contributed by atoms with Gasteiger partial charge < -0.3 is 9.47 Å². The van der Waals surface area contributed by atoms with Crippen LogP contribution >= 0.6 is 0 Å². The van der Waals surface area contributed by atoms with Crippen LogP contribution in [-0.4, -0.2) is 24.1 Å². The molecule has 0 N–H and O–H groups in total. The molecule has 2 aliphatic carbocycles. The lowest BCUT2D eigenvalue weighted by atomic mass is 9.74. The van der Waals surface area contributed by atoms with Gasteiger partial charge >= 0.3 is 11.9 Å². The molecule has 0 spiro atoms. The van der Waals surface area contributed by atoms with Gasteiger partial charge in [-0.1, -0.05) is 6.92 Å². The molecular formula is C16H26O4. The first-order valence-electron chi connectivity index (χ1n) is 7.72. The summed E-state index contributed by atoms with van der Waals surface area (Å²) < 4.78 is 10.7. The van der Waals surface area contributed by atoms with Crippen LogP contribution in [0.15, 0.2) is 0 Å². The van der Waals surface area contributed by atoms with Crippen molar-refractivity contribution in [3.63, 3.8) is 0 Å². The van der Waals surface area contributed by atoms with Crippen molar-refractivity contribution >= 4 is 11.9 Å². The molecule has 0 heterocycles. The minimum absolute atomic E-state index is 0.138. The first-order chi connectivity index (χ1) is 9.31. The number of rotatable bonds is 4. The predicted octanol–water partition coefficient (Wildman–Crippen LogP) is 2.80. The van der Waals surface area contributed by atoms with Crippen LogP contribution in [0.5, 0.6) is 0 Å². The highest BCUT2D eigenvalue weighted by molar-refractivity contribution is 5.84. The van der Waals surface area contributed by atoms with Gasteiger partial charge in [-0.25, -0.2) is 0 Å². The summed E-state index contributed by atoms with van der Waals surface area (Å²) in [6.07, 6.45) is 1.70. The van der Waals surface area contributed by atoms with Crippen LogP contribution < -0.4 is 0 Å². The Kier molecular flexibility index (Phi) is 4.40. The zero-order valence-electron chi connectivity index (χ0n) is 13.1. The Morgan fingerprint density at radius 2 is 1.40 bits per heavy atom. The molecule has 2 rings (SSSR count). The zero-order chi connectivity index (χ0) is 15.0. The van der Waals surface area contributed by atoms with E-state index in [9.17, 15) is 9.59 Å². The fourth-order valence-electron chi connectivity index (χ4n) is 3.97. The molecule has 2 saturated carbocycles. The Bertz CT molecular complexity index is 388. The quantitative estimate of drug-likeness (QED) is 0.744. The van der Waals surface area contributed by atoms with Crippen LogP contribution in [0.2, 0.25) is 0 Å². The van der Waals surface area contributed by atoms with E-state index in [1.54, 1.807) is 0 Å². The molecule has 2 fully saturated rings. The molecule has 2 aliphatic rings. The van der Waals surface area contributed by atoms with Gasteiger partial charge in [0, 0.05) is 0 Å². The average molecular weight is 282 g/mol. The van der Waals surface area contributed by atoms with E-state index in [-0.39, 0.29) is 47.8 Å². The highest BCUT2D eigenvalue weighted by Crippen LogP contribution is 2.56. The number of carbonyl (C=O) groups excluding carboxylic acids is 2. The van der Waals surface area contributed by atoms with Crippen LogP contribution in [0.1, 0.15) is 47.5 Å². The van der Waals surface area contributed by atoms with Crippen LogP contribution in [0.4, 0.5) is 0 Å². The highest BCUT2D eigenvalue weighted by Gasteiger charge is 2.58. The molecule has 5 unspecified atom stereocenters. The topological polar surface area (TPSA) is 52.6 Å². The summed E-state index contributed by atoms with van der Waals surface area (Å²) in [5, 5.41) is 0. The molecule has 2 bridgehead atoms. The van der Waals surface area contributed by atoms with Crippen LogP contribution in [0, 0.1) is 29.6 Å². The van der Waals surface area contributed by atoms with Crippen molar-refractivity contribution in [2.45, 2.75) is 59.7 Å². The van der Waals surface area contributed by atoms with Crippen molar-refractivity contribution in [3.05, 3.63) is 0 Å². The molecule has 0 aromatic heterocycles. The van der Waals surface area contributed by atoms with E-state index >= 15 is 0 Å². The van der Waals surface area contributed by atoms with E-state index in [1.165, 1.54) is 0 Å². The first-order valence-corrected chi connectivity index (χ1v) is 7.72. The third-order valence-corrected chi connectivity index (χ3v) is 4.58. The summed E-state index contributed by atoms with van der Waals surface area (Å²) in [6.45, 7) is 9.54. The number of fused-ring (bicyclic) bond motifs is 2. The Morgan fingerprint density at radius 3 is 1.90 bits per heavy atom. The Balaban J connectivity index is 2.16. The van der Waals surface area contributed by atoms with Gasteiger partial charge in [0.2, 0.25) is 0 Å². The van der Waals surface area contributed by atoms with Crippen LogP contribution in [-0.2, 0) is 19.1 Å². The van der Waals surface area contributed by atoms with Gasteiger partial charge in [-0.3, -0.25) is 9.59 Å². The third-order valence-electron chi connectivity index (χ3n) is 4.58. The molecule has 0 radical (unpaired) electrons. The number of esters is 2. The van der Waals surface area contributed by atoms with E-state index in [4.69, 9.17) is 9.47 Å². The zero-order valence-corrected chi connectivity index (χ0v) is 13.1. The molecule has 0 aromatic carbocycles. The fourth-order valence-corrected chi connectivity index (χ4v) is 3.97. The smallest absolute Gasteiger partial charge is 0.310 e. The summed E-state index contributed by atoms with van der Waals surface area (Å²) in [5.41, 5.74) is 0. The molecule has 4 heteroatoms. The van der Waals surface area contributed by atoms with E-state index in [0.29, 0.717) is 5.92 Å². The Labute approximate surface area is 121 Å². The van der Waals surface area contributed by atoms with Gasteiger partial charge in [-0.2, -0.15) is 0 Å². The fraction of sp³-hybridized carbons (Fsp3) is 0.875. The van der Waals surface area contributed by atoms with Gasteiger partial charge in [0.15, 0.2) is 0 Å². The lowest BCUT2D eigenvalue weighted by Crippen LogP contribution is -2.40. The molecule has 5 atom stereocenters. The highest BCUT2D eigenvalue weighted by atomic mass is 16.6. The van der Waals surface area contributed by atoms with Gasteiger partial charge in [-0.05, 0) is 58.3 Å². The molecule has 0 aromatic rings. The predicted molar refractivity (Wildman–Crippen MR) is 74.8 cm³/mol. The van der Waals surface area contributed by atoms with E-state index in [0.717, 1.165) is 12.8 Å². The first kappa shape index (κ1) is 15.3. The van der Waals surface area contributed by atoms with Crippen molar-refractivity contribution in [1.29, 1.82) is 0 Å². The second-order valence-electron chi connectivity index (χ2n) is 6.90. The van der Waals surface area contributed by atoms with E-state index < -0.39 is 0 Å². The molecule has 20 heavy (non-hydrogen) atoms. The Hall–Kier alpha value is -1.06. The number of ether oxygens (including phenoxy) is 2. The second-order valence-corrected chi connectivity index (χ2v) is 6.90. The monoisotopic (exact) mass is 282 g/mol. The van der Waals surface area contributed by atoms with Crippen molar-refractivity contribution in [1.82, 2.24) is 0 Å². The minimum atomic E-state index is -0.308. The summed E-state index contributed by atoms with van der Waals surface area (Å²) in [5.74, 6) is 0.00634. The standard InChI is InChI=1S/C16H26O4/c1-8(2)19-15(17)13-11-6-10(5)12(7-11)14(13)16(18)20-9(3)4/h8-14H,6-7H2,1-5H3. The SMILES string of the molecule is CC(C)OC(=O)C1C2CC(C)C(C2)C1C(=O)OC(C)C. The molecular weight excluding hydrogens is 256 g/mol. The maximum atomic E-state index is 12.4. The second kappa shape index (κ2) is 5.74. The number of hydrogen-bond acceptors (Lipinski definition) is 4. The lowest BCUT2D eigenvalue weighted by Gasteiger charge is -2.32. The average Bonchev–Trinajstić information content (AvgIpc) is 2.82. The molecule has 114 valence electrons. The summed E-state index contributed by atoms with van der Waals surface area (Å²) in [7, 11) is 0. The maximum absolute atomic E-state index is 12.4. The number of hydrogen-bond donors (Lipinski definition) is 0. The minimum Gasteiger partial charge on any atom is -0.463 e. The maximum Gasteiger partial charge on any atom is 0.310 e. The molecule has 0 amide bonds. The van der Waals surface area contributed by atoms with Crippen molar-refractivity contribution in [3.8, 4) is 0 Å². The summed E-state index contributed by atoms with van der Waals surface area (Å²) in [4.78, 5) is 24.7. The lowest BCUT2D eigenvalue weighted by molar-refractivity contribution is -0.168. The largest absolute Gasteiger partial charge is 0.463 e. The van der Waals surface area contributed by atoms with E-state index in [2.05, 4.69) is 6.92 Å². The molecule has 4 nitrogen and oxygen atoms in total. The summed E-state index contributed by atoms with van der Waals surface area (Å²) >= 11 is 0. The molecule has 0 saturated heterocycles.